The zero-order chi connectivity index (χ0) is 33.3. The van der Waals surface area contributed by atoms with E-state index in [1.165, 1.54) is 16.3 Å². The summed E-state index contributed by atoms with van der Waals surface area (Å²) in [6.07, 6.45) is 2.60. The van der Waals surface area contributed by atoms with Crippen molar-refractivity contribution in [3.63, 3.8) is 0 Å². The van der Waals surface area contributed by atoms with Gasteiger partial charge in [0.05, 0.1) is 12.3 Å². The number of halogens is 1. The van der Waals surface area contributed by atoms with Gasteiger partial charge in [-0.1, -0.05) is 109 Å². The summed E-state index contributed by atoms with van der Waals surface area (Å²) in [5.41, 5.74) is 3.25. The fourth-order valence-electron chi connectivity index (χ4n) is 6.48. The number of aryl methyl sites for hydroxylation is 1. The number of unbranched alkanes of at least 4 members (excludes halogenated alkanes) is 1. The summed E-state index contributed by atoms with van der Waals surface area (Å²) < 4.78 is 0. The van der Waals surface area contributed by atoms with Crippen molar-refractivity contribution in [1.29, 1.82) is 0 Å². The number of carboxylic acids is 2. The molecule has 0 aliphatic carbocycles. The lowest BCUT2D eigenvalue weighted by Gasteiger charge is -2.36. The Morgan fingerprint density at radius 2 is 1.28 bits per heavy atom. The molecule has 242 valence electrons. The van der Waals surface area contributed by atoms with Crippen LogP contribution in [0.25, 0.3) is 21.5 Å². The monoisotopic (exact) mass is 649 g/mol. The summed E-state index contributed by atoms with van der Waals surface area (Å²) in [5, 5.41) is 24.3. The molecule has 0 spiro atoms. The van der Waals surface area contributed by atoms with Crippen LogP contribution in [0, 0.1) is 5.92 Å². The maximum atomic E-state index is 14.0. The number of amides is 1. The van der Waals surface area contributed by atoms with Crippen LogP contribution in [-0.2, 0) is 27.3 Å². The van der Waals surface area contributed by atoms with Gasteiger partial charge < -0.3 is 15.1 Å². The molecule has 0 heterocycles. The standard InChI is InChI=1S/C40H40ClNO5/c1-27(37(32-18-20-36(41)21-19-32)13-7-2-8-28-14-16-30-9-3-5-11-33(30)22-28)42(38(43)24-35(40(46)47)25-39(44)45)26-29-15-17-31-10-4-6-12-34(31)23-29/h3-6,9-12,14-23,27,35,37H,2,7-8,13,24-26H2,1H3,(H,44,45)(H,46,47). The number of hydrogen-bond donors (Lipinski definition) is 2. The van der Waals surface area contributed by atoms with Crippen LogP contribution in [0.15, 0.2) is 109 Å². The van der Waals surface area contributed by atoms with Gasteiger partial charge in [-0.15, -0.1) is 0 Å². The van der Waals surface area contributed by atoms with Crippen molar-refractivity contribution in [3.8, 4) is 0 Å². The zero-order valence-electron chi connectivity index (χ0n) is 26.5. The van der Waals surface area contributed by atoms with Gasteiger partial charge in [-0.3, -0.25) is 14.4 Å². The highest BCUT2D eigenvalue weighted by atomic mass is 35.5. The summed E-state index contributed by atoms with van der Waals surface area (Å²) in [4.78, 5) is 39.2. The minimum atomic E-state index is -1.32. The summed E-state index contributed by atoms with van der Waals surface area (Å²) in [7, 11) is 0. The van der Waals surface area contributed by atoms with Crippen LogP contribution in [0.1, 0.15) is 61.6 Å². The molecule has 3 unspecified atom stereocenters. The number of hydrogen-bond acceptors (Lipinski definition) is 3. The largest absolute Gasteiger partial charge is 0.481 e. The second-order valence-electron chi connectivity index (χ2n) is 12.4. The number of nitrogens with zero attached hydrogens (tertiary/aromatic N) is 1. The van der Waals surface area contributed by atoms with E-state index in [4.69, 9.17) is 11.6 Å². The van der Waals surface area contributed by atoms with E-state index < -0.39 is 30.7 Å². The summed E-state index contributed by atoms with van der Waals surface area (Å²) in [6, 6.07) is 36.4. The molecule has 3 atom stereocenters. The quantitative estimate of drug-likeness (QED) is 0.110. The molecule has 1 amide bonds. The highest BCUT2D eigenvalue weighted by molar-refractivity contribution is 6.30. The van der Waals surface area contributed by atoms with Crippen LogP contribution >= 0.6 is 11.6 Å². The molecule has 5 aromatic rings. The highest BCUT2D eigenvalue weighted by Gasteiger charge is 2.32. The number of fused-ring (bicyclic) bond motifs is 2. The summed E-state index contributed by atoms with van der Waals surface area (Å²) in [5.74, 6) is -4.29. The van der Waals surface area contributed by atoms with Gasteiger partial charge in [-0.05, 0) is 82.6 Å². The molecule has 47 heavy (non-hydrogen) atoms. The van der Waals surface area contributed by atoms with Crippen molar-refractivity contribution < 1.29 is 24.6 Å². The smallest absolute Gasteiger partial charge is 0.307 e. The minimum absolute atomic E-state index is 0.0592. The molecule has 6 nitrogen and oxygen atoms in total. The lowest BCUT2D eigenvalue weighted by Crippen LogP contribution is -2.43. The van der Waals surface area contributed by atoms with E-state index in [0.29, 0.717) is 5.02 Å². The van der Waals surface area contributed by atoms with Gasteiger partial charge in [-0.25, -0.2) is 0 Å². The minimum Gasteiger partial charge on any atom is -0.481 e. The first-order chi connectivity index (χ1) is 22.7. The Hall–Kier alpha value is -4.68. The van der Waals surface area contributed by atoms with Crippen molar-refractivity contribution in [2.24, 2.45) is 5.92 Å². The van der Waals surface area contributed by atoms with Crippen LogP contribution < -0.4 is 0 Å². The second-order valence-corrected chi connectivity index (χ2v) is 12.8. The fourth-order valence-corrected chi connectivity index (χ4v) is 6.61. The average molecular weight is 650 g/mol. The third kappa shape index (κ3) is 8.99. The fraction of sp³-hybridized carbons (Fsp3) is 0.275. The maximum absolute atomic E-state index is 14.0. The summed E-state index contributed by atoms with van der Waals surface area (Å²) >= 11 is 6.26. The molecule has 0 aromatic heterocycles. The van der Waals surface area contributed by atoms with Gasteiger partial charge in [0, 0.05) is 29.9 Å². The van der Waals surface area contributed by atoms with Gasteiger partial charge >= 0.3 is 11.9 Å². The average Bonchev–Trinajstić information content (AvgIpc) is 3.06. The zero-order valence-corrected chi connectivity index (χ0v) is 27.3. The third-order valence-corrected chi connectivity index (χ3v) is 9.35. The number of carbonyl (C=O) groups excluding carboxylic acids is 1. The van der Waals surface area contributed by atoms with E-state index >= 15 is 0 Å². The number of carbonyl (C=O) groups is 3. The highest BCUT2D eigenvalue weighted by Crippen LogP contribution is 2.32. The molecule has 2 N–H and O–H groups in total. The maximum Gasteiger partial charge on any atom is 0.307 e. The molecule has 0 saturated heterocycles. The summed E-state index contributed by atoms with van der Waals surface area (Å²) in [6.45, 7) is 2.28. The lowest BCUT2D eigenvalue weighted by molar-refractivity contribution is -0.151. The molecule has 0 saturated carbocycles. The predicted octanol–water partition coefficient (Wildman–Crippen LogP) is 9.13. The Morgan fingerprint density at radius 1 is 0.702 bits per heavy atom. The van der Waals surface area contributed by atoms with E-state index in [9.17, 15) is 24.6 Å². The SMILES string of the molecule is CC(C(CCCCc1ccc2ccccc2c1)c1ccc(Cl)cc1)N(Cc1ccc2ccccc2c1)C(=O)CC(CC(=O)O)C(=O)O. The van der Waals surface area contributed by atoms with E-state index in [1.807, 2.05) is 73.7 Å². The van der Waals surface area contributed by atoms with E-state index in [0.717, 1.165) is 47.6 Å². The van der Waals surface area contributed by atoms with Crippen molar-refractivity contribution >= 4 is 51.0 Å². The van der Waals surface area contributed by atoms with Crippen LogP contribution in [0.4, 0.5) is 0 Å². The number of aliphatic carboxylic acids is 2. The second kappa shape index (κ2) is 15.7. The van der Waals surface area contributed by atoms with Gasteiger partial charge in [0.25, 0.3) is 0 Å². The lowest BCUT2D eigenvalue weighted by atomic mass is 9.85. The topological polar surface area (TPSA) is 94.9 Å². The molecular weight excluding hydrogens is 610 g/mol. The Bertz CT molecular complexity index is 1850. The molecule has 7 heteroatoms. The number of carboxylic acid groups (broad SMARTS) is 2. The Labute approximate surface area is 280 Å². The van der Waals surface area contributed by atoms with Gasteiger partial charge in [-0.2, -0.15) is 0 Å². The molecule has 5 rings (SSSR count). The van der Waals surface area contributed by atoms with Gasteiger partial charge in [0.1, 0.15) is 0 Å². The molecule has 0 radical (unpaired) electrons. The van der Waals surface area contributed by atoms with Gasteiger partial charge in [0.2, 0.25) is 5.91 Å². The number of benzene rings is 5. The van der Waals surface area contributed by atoms with Crippen LogP contribution in [0.2, 0.25) is 5.02 Å². The van der Waals surface area contributed by atoms with Gasteiger partial charge in [0.15, 0.2) is 0 Å². The Balaban J connectivity index is 1.40. The Morgan fingerprint density at radius 3 is 1.87 bits per heavy atom. The first kappa shape index (κ1) is 33.7. The molecule has 0 fully saturated rings. The first-order valence-electron chi connectivity index (χ1n) is 16.1. The van der Waals surface area contributed by atoms with Crippen molar-refractivity contribution in [1.82, 2.24) is 4.90 Å². The first-order valence-corrected chi connectivity index (χ1v) is 16.5. The molecule has 0 bridgehead atoms. The van der Waals surface area contributed by atoms with Crippen molar-refractivity contribution in [3.05, 3.63) is 131 Å². The Kier molecular flexibility index (Phi) is 11.3. The van der Waals surface area contributed by atoms with Crippen LogP contribution in [0.3, 0.4) is 0 Å². The molecular formula is C40H40ClNO5. The van der Waals surface area contributed by atoms with Crippen molar-refractivity contribution in [2.45, 2.75) is 64.0 Å². The van der Waals surface area contributed by atoms with Crippen LogP contribution in [0.5, 0.6) is 0 Å². The normalized spacial score (nSPS) is 13.2. The van der Waals surface area contributed by atoms with E-state index in [2.05, 4.69) is 42.5 Å². The molecule has 0 aliphatic rings. The molecule has 0 aliphatic heterocycles. The van der Waals surface area contributed by atoms with Crippen LogP contribution in [-0.4, -0.2) is 39.0 Å². The predicted molar refractivity (Wildman–Crippen MR) is 188 cm³/mol. The van der Waals surface area contributed by atoms with E-state index in [1.54, 1.807) is 4.90 Å². The molecule has 5 aromatic carbocycles. The van der Waals surface area contributed by atoms with E-state index in [-0.39, 0.29) is 24.4 Å². The third-order valence-electron chi connectivity index (χ3n) is 9.09. The van der Waals surface area contributed by atoms with Crippen molar-refractivity contribution in [2.75, 3.05) is 0 Å². The number of rotatable bonds is 15.